The average Bonchev–Trinajstić information content (AvgIpc) is 3.15. The molecule has 0 aliphatic carbocycles. The van der Waals surface area contributed by atoms with Crippen LogP contribution in [0.4, 0.5) is 0 Å². The summed E-state index contributed by atoms with van der Waals surface area (Å²) in [6.45, 7) is 0.568. The second kappa shape index (κ2) is 12.0. The van der Waals surface area contributed by atoms with Crippen molar-refractivity contribution in [2.75, 3.05) is 19.6 Å². The molecule has 0 spiro atoms. The van der Waals surface area contributed by atoms with E-state index in [9.17, 15) is 24.0 Å². The fourth-order valence-corrected chi connectivity index (χ4v) is 3.16. The normalized spacial score (nSPS) is 18.0. The number of carbonyl (C=O) groups is 5. The van der Waals surface area contributed by atoms with Gasteiger partial charge in [0.15, 0.2) is 0 Å². The number of nitrogens with one attached hydrogen (secondary N) is 2. The third kappa shape index (κ3) is 7.66. The smallest absolute Gasteiger partial charge is 0.326 e. The molecule has 1 aliphatic heterocycles. The standard InChI is InChI=1S/C17H30N6O6/c18-6-2-1-4-10(15(26)22-11(17(28)29)8-13(20)24)21-16(27)12-5-3-7-23(12)14(25)9-19/h10-12H,1-9,18-19H2,(H2,20,24)(H,21,27)(H,22,26)(H,28,29). The van der Waals surface area contributed by atoms with Gasteiger partial charge in [-0.25, -0.2) is 4.79 Å². The first-order chi connectivity index (χ1) is 13.7. The highest BCUT2D eigenvalue weighted by atomic mass is 16.4. The maximum Gasteiger partial charge on any atom is 0.326 e. The predicted octanol–water partition coefficient (Wildman–Crippen LogP) is -3.01. The van der Waals surface area contributed by atoms with Gasteiger partial charge in [-0.05, 0) is 38.6 Å². The van der Waals surface area contributed by atoms with Crippen LogP contribution in [0.15, 0.2) is 0 Å². The van der Waals surface area contributed by atoms with Crippen molar-refractivity contribution >= 4 is 29.6 Å². The number of hydrogen-bond donors (Lipinski definition) is 6. The third-order valence-corrected chi connectivity index (χ3v) is 4.65. The molecular formula is C17H30N6O6. The molecule has 12 heteroatoms. The Bertz CT molecular complexity index is 628. The topological polar surface area (TPSA) is 211 Å². The summed E-state index contributed by atoms with van der Waals surface area (Å²) in [6, 6.07) is -3.29. The van der Waals surface area contributed by atoms with Gasteiger partial charge in [-0.3, -0.25) is 19.2 Å². The van der Waals surface area contributed by atoms with Gasteiger partial charge in [-0.2, -0.15) is 0 Å². The van der Waals surface area contributed by atoms with Gasteiger partial charge >= 0.3 is 5.97 Å². The van der Waals surface area contributed by atoms with Crippen molar-refractivity contribution in [1.82, 2.24) is 15.5 Å². The second-order valence-corrected chi connectivity index (χ2v) is 6.86. The number of rotatable bonds is 12. The number of carboxylic acids is 1. The number of unbranched alkanes of at least 4 members (excludes halogenated alkanes) is 1. The van der Waals surface area contributed by atoms with Crippen LogP contribution in [0.5, 0.6) is 0 Å². The number of carbonyl (C=O) groups excluding carboxylic acids is 4. The van der Waals surface area contributed by atoms with Gasteiger partial charge in [0.1, 0.15) is 18.1 Å². The van der Waals surface area contributed by atoms with Crippen molar-refractivity contribution in [2.24, 2.45) is 17.2 Å². The van der Waals surface area contributed by atoms with Crippen molar-refractivity contribution in [1.29, 1.82) is 0 Å². The quantitative estimate of drug-likeness (QED) is 0.181. The molecule has 1 aliphatic rings. The maximum atomic E-state index is 12.7. The third-order valence-electron chi connectivity index (χ3n) is 4.65. The summed E-state index contributed by atoms with van der Waals surface area (Å²) >= 11 is 0. The Morgan fingerprint density at radius 1 is 1.07 bits per heavy atom. The lowest BCUT2D eigenvalue weighted by atomic mass is 10.1. The second-order valence-electron chi connectivity index (χ2n) is 6.86. The van der Waals surface area contributed by atoms with Crippen molar-refractivity contribution in [2.45, 2.75) is 56.7 Å². The van der Waals surface area contributed by atoms with Crippen LogP contribution in [0, 0.1) is 0 Å². The van der Waals surface area contributed by atoms with Crippen LogP contribution in [-0.2, 0) is 24.0 Å². The summed E-state index contributed by atoms with van der Waals surface area (Å²) in [6.07, 6.45) is 1.83. The number of nitrogens with zero attached hydrogens (tertiary/aromatic N) is 1. The Labute approximate surface area is 168 Å². The first-order valence-electron chi connectivity index (χ1n) is 9.52. The Kier molecular flexibility index (Phi) is 10.0. The lowest BCUT2D eigenvalue weighted by Gasteiger charge is -2.26. The van der Waals surface area contributed by atoms with Crippen LogP contribution >= 0.6 is 0 Å². The molecule has 0 aromatic heterocycles. The fraction of sp³-hybridized carbons (Fsp3) is 0.706. The molecule has 0 aromatic carbocycles. The van der Waals surface area contributed by atoms with E-state index >= 15 is 0 Å². The highest BCUT2D eigenvalue weighted by Gasteiger charge is 2.35. The minimum absolute atomic E-state index is 0.217. The van der Waals surface area contributed by atoms with Crippen molar-refractivity contribution in [3.8, 4) is 0 Å². The van der Waals surface area contributed by atoms with Crippen LogP contribution in [-0.4, -0.2) is 77.4 Å². The summed E-state index contributed by atoms with van der Waals surface area (Å²) in [5, 5.41) is 14.0. The molecule has 1 saturated heterocycles. The molecule has 0 saturated carbocycles. The molecule has 0 radical (unpaired) electrons. The number of primary amides is 1. The molecule has 12 nitrogen and oxygen atoms in total. The zero-order valence-corrected chi connectivity index (χ0v) is 16.3. The predicted molar refractivity (Wildman–Crippen MR) is 102 cm³/mol. The molecule has 1 rings (SSSR count). The van der Waals surface area contributed by atoms with Crippen LogP contribution in [0.3, 0.4) is 0 Å². The molecule has 3 unspecified atom stereocenters. The summed E-state index contributed by atoms with van der Waals surface area (Å²) in [7, 11) is 0. The monoisotopic (exact) mass is 414 g/mol. The van der Waals surface area contributed by atoms with E-state index < -0.39 is 48.2 Å². The van der Waals surface area contributed by atoms with Crippen molar-refractivity contribution in [3.05, 3.63) is 0 Å². The van der Waals surface area contributed by atoms with Gasteiger partial charge in [0, 0.05) is 6.54 Å². The lowest BCUT2D eigenvalue weighted by Crippen LogP contribution is -2.56. The summed E-state index contributed by atoms with van der Waals surface area (Å²) in [5.41, 5.74) is 15.9. The van der Waals surface area contributed by atoms with E-state index in [4.69, 9.17) is 22.3 Å². The lowest BCUT2D eigenvalue weighted by molar-refractivity contribution is -0.144. The van der Waals surface area contributed by atoms with Crippen molar-refractivity contribution in [3.63, 3.8) is 0 Å². The molecule has 4 amide bonds. The van der Waals surface area contributed by atoms with Gasteiger partial charge in [0.2, 0.25) is 23.6 Å². The minimum Gasteiger partial charge on any atom is -0.480 e. The summed E-state index contributed by atoms with van der Waals surface area (Å²) in [4.78, 5) is 60.8. The summed E-state index contributed by atoms with van der Waals surface area (Å²) in [5.74, 6) is -3.93. The van der Waals surface area contributed by atoms with Gasteiger partial charge in [-0.1, -0.05) is 0 Å². The van der Waals surface area contributed by atoms with Crippen LogP contribution in [0.2, 0.25) is 0 Å². The van der Waals surface area contributed by atoms with Gasteiger partial charge in [0.05, 0.1) is 13.0 Å². The van der Waals surface area contributed by atoms with E-state index in [1.807, 2.05) is 0 Å². The zero-order valence-electron chi connectivity index (χ0n) is 16.3. The largest absolute Gasteiger partial charge is 0.480 e. The number of nitrogens with two attached hydrogens (primary N) is 3. The molecule has 1 fully saturated rings. The van der Waals surface area contributed by atoms with Crippen LogP contribution in [0.25, 0.3) is 0 Å². The Morgan fingerprint density at radius 2 is 1.76 bits per heavy atom. The number of amides is 4. The molecule has 1 heterocycles. The number of likely N-dealkylation sites (tertiary alicyclic amines) is 1. The zero-order chi connectivity index (χ0) is 22.0. The van der Waals surface area contributed by atoms with Crippen LogP contribution < -0.4 is 27.8 Å². The van der Waals surface area contributed by atoms with E-state index in [1.54, 1.807) is 0 Å². The van der Waals surface area contributed by atoms with E-state index in [1.165, 1.54) is 4.90 Å². The maximum absolute atomic E-state index is 12.7. The van der Waals surface area contributed by atoms with E-state index in [0.717, 1.165) is 0 Å². The molecule has 0 bridgehead atoms. The molecule has 29 heavy (non-hydrogen) atoms. The molecule has 164 valence electrons. The molecule has 3 atom stereocenters. The van der Waals surface area contributed by atoms with Crippen LogP contribution in [0.1, 0.15) is 38.5 Å². The highest BCUT2D eigenvalue weighted by Crippen LogP contribution is 2.18. The van der Waals surface area contributed by atoms with Crippen molar-refractivity contribution < 1.29 is 29.1 Å². The Morgan fingerprint density at radius 3 is 2.31 bits per heavy atom. The Hall–Kier alpha value is -2.73. The number of aliphatic carboxylic acids is 1. The van der Waals surface area contributed by atoms with E-state index in [2.05, 4.69) is 10.6 Å². The van der Waals surface area contributed by atoms with E-state index in [-0.39, 0.29) is 18.9 Å². The summed E-state index contributed by atoms with van der Waals surface area (Å²) < 4.78 is 0. The first-order valence-corrected chi connectivity index (χ1v) is 9.52. The fourth-order valence-electron chi connectivity index (χ4n) is 3.16. The number of hydrogen-bond acceptors (Lipinski definition) is 7. The molecule has 9 N–H and O–H groups in total. The average molecular weight is 414 g/mol. The van der Waals surface area contributed by atoms with Gasteiger partial charge < -0.3 is 37.8 Å². The van der Waals surface area contributed by atoms with E-state index in [0.29, 0.717) is 38.8 Å². The first kappa shape index (κ1) is 24.3. The SMILES string of the molecule is NCCCCC(NC(=O)C1CCCN1C(=O)CN)C(=O)NC(CC(N)=O)C(=O)O. The number of carboxylic acid groups (broad SMARTS) is 1. The minimum atomic E-state index is -1.50. The molecule has 0 aromatic rings. The van der Waals surface area contributed by atoms with Gasteiger partial charge in [0.25, 0.3) is 0 Å². The molecular weight excluding hydrogens is 384 g/mol. The Balaban J connectivity index is 2.86. The van der Waals surface area contributed by atoms with Gasteiger partial charge in [-0.15, -0.1) is 0 Å². The highest BCUT2D eigenvalue weighted by molar-refractivity contribution is 5.94.